The number of hydrogen-bond donors (Lipinski definition) is 1. The molecular formula is C34H34O9. The van der Waals surface area contributed by atoms with Crippen molar-refractivity contribution in [1.29, 1.82) is 0 Å². The highest BCUT2D eigenvalue weighted by Gasteiger charge is 2.07. The van der Waals surface area contributed by atoms with Gasteiger partial charge in [-0.15, -0.1) is 0 Å². The maximum atomic E-state index is 12.3. The van der Waals surface area contributed by atoms with Crippen LogP contribution in [0.15, 0.2) is 104 Å². The standard InChI is InChI=1S/C34H34O9/c1-3-32(36)41-23-22-40-29-13-6-26(7-14-29)8-19-33(37)43-31-17-11-28(12-18-31)27-9-15-30(16-10-27)39-20-4-5-21-42-34(38)25(2)24-35/h3,6-19,35H,1-2,4-5,20-24H2/b19-8+. The number of unbranched alkanes of at least 4 members (excludes halogenated alkanes) is 1. The van der Waals surface area contributed by atoms with Crippen LogP contribution >= 0.6 is 0 Å². The molecule has 9 nitrogen and oxygen atoms in total. The van der Waals surface area contributed by atoms with Crippen molar-refractivity contribution in [1.82, 2.24) is 0 Å². The summed E-state index contributed by atoms with van der Waals surface area (Å²) in [6.07, 6.45) is 5.42. The summed E-state index contributed by atoms with van der Waals surface area (Å²) in [6.45, 7) is 7.38. The molecule has 3 rings (SSSR count). The number of hydrogen-bond acceptors (Lipinski definition) is 9. The quantitative estimate of drug-likeness (QED) is 0.0969. The molecule has 0 aliphatic carbocycles. The number of rotatable bonds is 17. The Labute approximate surface area is 250 Å². The van der Waals surface area contributed by atoms with E-state index in [1.165, 1.54) is 6.08 Å². The summed E-state index contributed by atoms with van der Waals surface area (Å²) in [6, 6.07) is 21.9. The first kappa shape index (κ1) is 32.4. The third-order valence-corrected chi connectivity index (χ3v) is 5.84. The van der Waals surface area contributed by atoms with Crippen LogP contribution in [0.2, 0.25) is 0 Å². The Bertz CT molecular complexity index is 1390. The van der Waals surface area contributed by atoms with Gasteiger partial charge in [0.05, 0.1) is 25.4 Å². The molecule has 0 fully saturated rings. The second-order valence-electron chi connectivity index (χ2n) is 9.05. The smallest absolute Gasteiger partial charge is 0.336 e. The fourth-order valence-corrected chi connectivity index (χ4v) is 3.53. The molecule has 0 aliphatic heterocycles. The van der Waals surface area contributed by atoms with Crippen molar-refractivity contribution in [3.8, 4) is 28.4 Å². The van der Waals surface area contributed by atoms with Crippen LogP contribution in [-0.4, -0.2) is 56.0 Å². The average molecular weight is 587 g/mol. The van der Waals surface area contributed by atoms with Crippen LogP contribution in [0.1, 0.15) is 18.4 Å². The highest BCUT2D eigenvalue weighted by molar-refractivity contribution is 5.89. The van der Waals surface area contributed by atoms with Crippen molar-refractivity contribution in [2.45, 2.75) is 12.8 Å². The normalized spacial score (nSPS) is 10.5. The Morgan fingerprint density at radius 3 is 1.84 bits per heavy atom. The van der Waals surface area contributed by atoms with Crippen LogP contribution in [0.25, 0.3) is 17.2 Å². The number of carbonyl (C=O) groups excluding carboxylic acids is 3. The zero-order valence-corrected chi connectivity index (χ0v) is 23.7. The van der Waals surface area contributed by atoms with Gasteiger partial charge >= 0.3 is 17.9 Å². The highest BCUT2D eigenvalue weighted by Crippen LogP contribution is 2.25. The van der Waals surface area contributed by atoms with Gasteiger partial charge in [-0.1, -0.05) is 49.6 Å². The fraction of sp³-hybridized carbons (Fsp3) is 0.206. The van der Waals surface area contributed by atoms with Gasteiger partial charge in [0, 0.05) is 12.2 Å². The molecule has 0 atom stereocenters. The molecule has 1 N–H and O–H groups in total. The van der Waals surface area contributed by atoms with Crippen LogP contribution in [0, 0.1) is 0 Å². The third-order valence-electron chi connectivity index (χ3n) is 5.84. The molecular weight excluding hydrogens is 552 g/mol. The maximum absolute atomic E-state index is 12.3. The van der Waals surface area contributed by atoms with Crippen molar-refractivity contribution < 1.29 is 43.2 Å². The van der Waals surface area contributed by atoms with E-state index >= 15 is 0 Å². The maximum Gasteiger partial charge on any atom is 0.336 e. The lowest BCUT2D eigenvalue weighted by atomic mass is 10.1. The number of carbonyl (C=O) groups is 3. The van der Waals surface area contributed by atoms with Crippen molar-refractivity contribution in [2.75, 3.05) is 33.0 Å². The summed E-state index contributed by atoms with van der Waals surface area (Å²) in [7, 11) is 0. The summed E-state index contributed by atoms with van der Waals surface area (Å²) in [5.74, 6) is 0.159. The molecule has 0 aliphatic rings. The van der Waals surface area contributed by atoms with E-state index in [4.69, 9.17) is 28.8 Å². The first-order chi connectivity index (χ1) is 20.9. The van der Waals surface area contributed by atoms with Gasteiger partial charge in [0.25, 0.3) is 0 Å². The Morgan fingerprint density at radius 2 is 1.23 bits per heavy atom. The van der Waals surface area contributed by atoms with E-state index in [0.717, 1.165) is 28.5 Å². The van der Waals surface area contributed by atoms with E-state index in [-0.39, 0.29) is 25.4 Å². The molecule has 3 aromatic rings. The number of aliphatic hydroxyl groups excluding tert-OH is 1. The van der Waals surface area contributed by atoms with Gasteiger partial charge in [-0.25, -0.2) is 14.4 Å². The van der Waals surface area contributed by atoms with Crippen molar-refractivity contribution in [2.24, 2.45) is 0 Å². The van der Waals surface area contributed by atoms with Crippen LogP contribution < -0.4 is 14.2 Å². The number of aliphatic hydroxyl groups is 1. The van der Waals surface area contributed by atoms with Gasteiger partial charge in [-0.3, -0.25) is 0 Å². The van der Waals surface area contributed by atoms with Gasteiger partial charge < -0.3 is 28.8 Å². The number of benzene rings is 3. The fourth-order valence-electron chi connectivity index (χ4n) is 3.53. The van der Waals surface area contributed by atoms with Crippen LogP contribution in [-0.2, 0) is 23.9 Å². The zero-order valence-electron chi connectivity index (χ0n) is 23.7. The predicted octanol–water partition coefficient (Wildman–Crippen LogP) is 5.33. The average Bonchev–Trinajstić information content (AvgIpc) is 3.04. The molecule has 43 heavy (non-hydrogen) atoms. The molecule has 0 radical (unpaired) electrons. The van der Waals surface area contributed by atoms with Crippen molar-refractivity contribution in [3.05, 3.63) is 109 Å². The van der Waals surface area contributed by atoms with Gasteiger partial charge in [-0.2, -0.15) is 0 Å². The SMILES string of the molecule is C=CC(=O)OCCOc1ccc(/C=C/C(=O)Oc2ccc(-c3ccc(OCCCCOC(=O)C(=C)CO)cc3)cc2)cc1. The van der Waals surface area contributed by atoms with Gasteiger partial charge in [-0.05, 0) is 72.0 Å². The summed E-state index contributed by atoms with van der Waals surface area (Å²) in [5.41, 5.74) is 2.76. The first-order valence-electron chi connectivity index (χ1n) is 13.6. The Morgan fingerprint density at radius 1 is 0.674 bits per heavy atom. The van der Waals surface area contributed by atoms with Crippen molar-refractivity contribution >= 4 is 24.0 Å². The summed E-state index contributed by atoms with van der Waals surface area (Å²) in [4.78, 5) is 34.7. The van der Waals surface area contributed by atoms with E-state index in [0.29, 0.717) is 30.9 Å². The Balaban J connectivity index is 1.38. The minimum atomic E-state index is -0.587. The summed E-state index contributed by atoms with van der Waals surface area (Å²) < 4.78 is 26.5. The number of ether oxygens (including phenoxy) is 5. The molecule has 0 heterocycles. The van der Waals surface area contributed by atoms with E-state index < -0.39 is 24.5 Å². The molecule has 0 saturated heterocycles. The van der Waals surface area contributed by atoms with E-state index in [1.807, 2.05) is 36.4 Å². The molecule has 0 saturated carbocycles. The Kier molecular flexibility index (Phi) is 13.3. The van der Waals surface area contributed by atoms with Crippen LogP contribution in [0.5, 0.6) is 17.2 Å². The molecule has 0 amide bonds. The monoisotopic (exact) mass is 586 g/mol. The van der Waals surface area contributed by atoms with Gasteiger partial charge in [0.2, 0.25) is 0 Å². The molecule has 0 bridgehead atoms. The minimum Gasteiger partial charge on any atom is -0.494 e. The second kappa shape index (κ2) is 17.6. The molecule has 0 spiro atoms. The molecule has 9 heteroatoms. The molecule has 0 unspecified atom stereocenters. The topological polar surface area (TPSA) is 118 Å². The van der Waals surface area contributed by atoms with Crippen molar-refractivity contribution in [3.63, 3.8) is 0 Å². The summed E-state index contributed by atoms with van der Waals surface area (Å²) >= 11 is 0. The van der Waals surface area contributed by atoms with E-state index in [9.17, 15) is 14.4 Å². The van der Waals surface area contributed by atoms with E-state index in [1.54, 1.807) is 42.5 Å². The highest BCUT2D eigenvalue weighted by atomic mass is 16.6. The number of esters is 3. The third kappa shape index (κ3) is 11.7. The zero-order chi connectivity index (χ0) is 30.9. The second-order valence-corrected chi connectivity index (χ2v) is 9.05. The van der Waals surface area contributed by atoms with Crippen LogP contribution in [0.4, 0.5) is 0 Å². The lowest BCUT2D eigenvalue weighted by molar-refractivity contribution is -0.140. The summed E-state index contributed by atoms with van der Waals surface area (Å²) in [5, 5.41) is 8.85. The first-order valence-corrected chi connectivity index (χ1v) is 13.6. The molecule has 224 valence electrons. The lowest BCUT2D eigenvalue weighted by Crippen LogP contribution is -2.11. The predicted molar refractivity (Wildman–Crippen MR) is 162 cm³/mol. The largest absolute Gasteiger partial charge is 0.494 e. The van der Waals surface area contributed by atoms with Crippen LogP contribution in [0.3, 0.4) is 0 Å². The van der Waals surface area contributed by atoms with E-state index in [2.05, 4.69) is 13.2 Å². The Hall–Kier alpha value is -5.15. The lowest BCUT2D eigenvalue weighted by Gasteiger charge is -2.09. The molecule has 3 aromatic carbocycles. The van der Waals surface area contributed by atoms with Gasteiger partial charge in [0.1, 0.15) is 30.5 Å². The molecule has 0 aromatic heterocycles. The van der Waals surface area contributed by atoms with Gasteiger partial charge in [0.15, 0.2) is 0 Å². The minimum absolute atomic E-state index is 0.0372.